The highest BCUT2D eigenvalue weighted by Crippen LogP contribution is 2.46. The van der Waals surface area contributed by atoms with Gasteiger partial charge in [-0.1, -0.05) is 48.5 Å². The highest BCUT2D eigenvalue weighted by atomic mass is 16.6. The third-order valence-corrected chi connectivity index (χ3v) is 11.6. The van der Waals surface area contributed by atoms with Crippen LogP contribution in [0.1, 0.15) is 46.9 Å². The second-order valence-corrected chi connectivity index (χ2v) is 14.7. The summed E-state index contributed by atoms with van der Waals surface area (Å²) in [4.78, 5) is 39.3. The third-order valence-electron chi connectivity index (χ3n) is 11.6. The van der Waals surface area contributed by atoms with Crippen LogP contribution in [0.15, 0.2) is 85.1 Å². The molecule has 3 aromatic heterocycles. The fraction of sp³-hybridized carbons (Fsp3) is 0.317. The average molecular weight is 695 g/mol. The van der Waals surface area contributed by atoms with Crippen LogP contribution in [0, 0.1) is 11.8 Å². The Morgan fingerprint density at radius 1 is 0.981 bits per heavy atom. The van der Waals surface area contributed by atoms with Gasteiger partial charge in [0.05, 0.1) is 36.5 Å². The molecule has 4 atom stereocenters. The van der Waals surface area contributed by atoms with Gasteiger partial charge in [-0.15, -0.1) is 0 Å². The lowest BCUT2D eigenvalue weighted by molar-refractivity contribution is 0.0382. The number of benzene rings is 3. The highest BCUT2D eigenvalue weighted by Gasteiger charge is 2.55. The van der Waals surface area contributed by atoms with Gasteiger partial charge in [0, 0.05) is 54.3 Å². The van der Waals surface area contributed by atoms with Gasteiger partial charge < -0.3 is 33.9 Å². The number of hydrogen-bond acceptors (Lipinski definition) is 7. The van der Waals surface area contributed by atoms with Crippen LogP contribution in [-0.2, 0) is 18.3 Å². The molecule has 262 valence electrons. The number of amides is 2. The normalized spacial score (nSPS) is 21.9. The van der Waals surface area contributed by atoms with E-state index in [0.29, 0.717) is 35.7 Å². The molecule has 2 bridgehead atoms. The summed E-state index contributed by atoms with van der Waals surface area (Å²) in [5.74, 6) is 1.57. The van der Waals surface area contributed by atoms with Crippen LogP contribution in [0.2, 0.25) is 0 Å². The molecule has 6 aromatic rings. The van der Waals surface area contributed by atoms with Crippen LogP contribution in [0.5, 0.6) is 5.75 Å². The Kier molecular flexibility index (Phi) is 6.98. The summed E-state index contributed by atoms with van der Waals surface area (Å²) >= 11 is 0. The first-order chi connectivity index (χ1) is 25.4. The van der Waals surface area contributed by atoms with Gasteiger partial charge in [0.15, 0.2) is 11.9 Å². The van der Waals surface area contributed by atoms with Gasteiger partial charge >= 0.3 is 6.09 Å². The predicted molar refractivity (Wildman–Crippen MR) is 195 cm³/mol. The van der Waals surface area contributed by atoms with Crippen molar-refractivity contribution in [2.45, 2.75) is 50.1 Å². The van der Waals surface area contributed by atoms with Crippen molar-refractivity contribution in [3.05, 3.63) is 102 Å². The van der Waals surface area contributed by atoms with Gasteiger partial charge in [0.2, 0.25) is 0 Å². The quantitative estimate of drug-likeness (QED) is 0.208. The minimum atomic E-state index is -0.782. The van der Waals surface area contributed by atoms with Crippen molar-refractivity contribution in [2.75, 3.05) is 13.7 Å². The van der Waals surface area contributed by atoms with E-state index in [1.807, 2.05) is 72.4 Å². The summed E-state index contributed by atoms with van der Waals surface area (Å²) in [7, 11) is 3.56. The van der Waals surface area contributed by atoms with E-state index in [1.54, 1.807) is 24.1 Å². The molecular weight excluding hydrogens is 656 g/mol. The largest absolute Gasteiger partial charge is 0.494 e. The van der Waals surface area contributed by atoms with E-state index in [4.69, 9.17) is 19.4 Å². The number of piperidine rings is 1. The monoisotopic (exact) mass is 694 g/mol. The number of aliphatic hydroxyl groups excluding tert-OH is 1. The Morgan fingerprint density at radius 2 is 1.73 bits per heavy atom. The Labute approximate surface area is 299 Å². The second kappa shape index (κ2) is 11.7. The molecular formula is C41H38N6O5. The van der Waals surface area contributed by atoms with E-state index in [0.717, 1.165) is 56.9 Å². The highest BCUT2D eigenvalue weighted by molar-refractivity contribution is 6.00. The summed E-state index contributed by atoms with van der Waals surface area (Å²) in [6.07, 6.45) is 2.84. The zero-order valence-electron chi connectivity index (χ0n) is 28.9. The zero-order chi connectivity index (χ0) is 35.2. The zero-order valence-corrected chi connectivity index (χ0v) is 28.9. The van der Waals surface area contributed by atoms with Gasteiger partial charge in [-0.2, -0.15) is 0 Å². The molecule has 1 saturated heterocycles. The number of methoxy groups -OCH3 is 1. The van der Waals surface area contributed by atoms with Crippen LogP contribution in [-0.4, -0.2) is 73.0 Å². The molecule has 2 amide bonds. The predicted octanol–water partition coefficient (Wildman–Crippen LogP) is 6.08. The molecule has 2 N–H and O–H groups in total. The molecule has 2 saturated carbocycles. The summed E-state index contributed by atoms with van der Waals surface area (Å²) < 4.78 is 16.2. The lowest BCUT2D eigenvalue weighted by Gasteiger charge is -2.31. The Bertz CT molecular complexity index is 2380. The number of aromatic nitrogens is 4. The first-order valence-electron chi connectivity index (χ1n) is 18.0. The number of pyridine rings is 1. The molecule has 4 heterocycles. The van der Waals surface area contributed by atoms with E-state index in [-0.39, 0.29) is 11.8 Å². The maximum absolute atomic E-state index is 14.3. The lowest BCUT2D eigenvalue weighted by atomic mass is 10.1. The molecule has 3 aromatic carbocycles. The number of aliphatic hydroxyl groups is 1. The third kappa shape index (κ3) is 4.75. The summed E-state index contributed by atoms with van der Waals surface area (Å²) in [6.45, 7) is 1.28. The number of aryl methyl sites for hydroxylation is 1. The van der Waals surface area contributed by atoms with Crippen molar-refractivity contribution in [1.82, 2.24) is 29.3 Å². The maximum Gasteiger partial charge on any atom is 0.408 e. The number of alkyl carbamates (subject to hydrolysis) is 1. The van der Waals surface area contributed by atoms with Gasteiger partial charge in [-0.05, 0) is 66.6 Å². The minimum absolute atomic E-state index is 0.117. The number of carbonyl (C=O) groups is 2. The first kappa shape index (κ1) is 31.1. The van der Waals surface area contributed by atoms with Gasteiger partial charge in [0.1, 0.15) is 16.9 Å². The van der Waals surface area contributed by atoms with Gasteiger partial charge in [0.25, 0.3) is 5.91 Å². The fourth-order valence-electron chi connectivity index (χ4n) is 9.01. The van der Waals surface area contributed by atoms with Gasteiger partial charge in [-0.3, -0.25) is 4.79 Å². The lowest BCUT2D eigenvalue weighted by Crippen LogP contribution is -2.50. The topological polar surface area (TPSA) is 124 Å². The van der Waals surface area contributed by atoms with E-state index >= 15 is 0 Å². The molecule has 11 nitrogen and oxygen atoms in total. The van der Waals surface area contributed by atoms with E-state index in [2.05, 4.69) is 22.0 Å². The molecule has 10 rings (SSSR count). The van der Waals surface area contributed by atoms with Crippen LogP contribution in [0.3, 0.4) is 0 Å². The van der Waals surface area contributed by atoms with Crippen molar-refractivity contribution in [1.29, 1.82) is 0 Å². The summed E-state index contributed by atoms with van der Waals surface area (Å²) in [5.41, 5.74) is 7.72. The van der Waals surface area contributed by atoms with Crippen molar-refractivity contribution in [3.8, 4) is 28.4 Å². The number of fused-ring (bicyclic) bond motifs is 7. The van der Waals surface area contributed by atoms with E-state index in [1.165, 1.54) is 12.8 Å². The number of nitrogens with zero attached hydrogens (tertiary/aromatic N) is 5. The number of ether oxygens (including phenoxy) is 2. The number of nitrogens with one attached hydrogen (secondary N) is 1. The Balaban J connectivity index is 0.932. The maximum atomic E-state index is 14.3. The molecule has 52 heavy (non-hydrogen) atoms. The molecule has 0 spiro atoms. The van der Waals surface area contributed by atoms with Crippen LogP contribution in [0.4, 0.5) is 4.79 Å². The van der Waals surface area contributed by atoms with E-state index in [9.17, 15) is 14.7 Å². The van der Waals surface area contributed by atoms with Gasteiger partial charge in [-0.25, -0.2) is 14.8 Å². The smallest absolute Gasteiger partial charge is 0.408 e. The number of hydrogen-bond donors (Lipinski definition) is 2. The van der Waals surface area contributed by atoms with Crippen molar-refractivity contribution < 1.29 is 24.2 Å². The molecule has 1 aliphatic heterocycles. The average Bonchev–Trinajstić information content (AvgIpc) is 3.38. The van der Waals surface area contributed by atoms with Crippen molar-refractivity contribution in [3.63, 3.8) is 0 Å². The minimum Gasteiger partial charge on any atom is -0.494 e. The molecule has 3 fully saturated rings. The first-order valence-corrected chi connectivity index (χ1v) is 18.0. The number of rotatable bonds is 7. The Hall–Kier alpha value is -5.68. The number of imidazole rings is 1. The molecule has 0 radical (unpaired) electrons. The fourth-order valence-corrected chi connectivity index (χ4v) is 9.01. The Morgan fingerprint density at radius 3 is 2.46 bits per heavy atom. The molecule has 0 unspecified atom stereocenters. The second-order valence-electron chi connectivity index (χ2n) is 14.7. The summed E-state index contributed by atoms with van der Waals surface area (Å²) in [5, 5.41) is 15.3. The van der Waals surface area contributed by atoms with Crippen LogP contribution < -0.4 is 10.1 Å². The molecule has 4 aliphatic rings. The number of likely N-dealkylation sites (tertiary alicyclic amines) is 1. The van der Waals surface area contributed by atoms with Crippen LogP contribution in [0.25, 0.3) is 44.7 Å². The summed E-state index contributed by atoms with van der Waals surface area (Å²) in [6, 6.07) is 24.6. The van der Waals surface area contributed by atoms with Crippen LogP contribution >= 0.6 is 0 Å². The van der Waals surface area contributed by atoms with Crippen molar-refractivity contribution in [2.24, 2.45) is 18.9 Å². The molecule has 11 heteroatoms. The molecule has 3 aliphatic carbocycles. The van der Waals surface area contributed by atoms with Crippen molar-refractivity contribution >= 4 is 34.1 Å². The number of carbonyl (C=O) groups excluding carboxylic acids is 2. The SMILES string of the molecule is COc1cc(C(=O)N2C[C@H]3C[C@H](O)[C@@H]2[C@@H]3NC(=O)OC2c3ccccc3-c3ccccc32)cc2nc(-c3cc4cccnc4n3CC3CC3)n(C)c12. The van der Waals surface area contributed by atoms with E-state index < -0.39 is 30.4 Å². The standard InChI is InChI=1S/C41H38N6O5/c1-45-35-30(43-39(45)31-17-23-8-7-15-42-38(23)46(31)20-22-13-14-22)16-24(19-33(35)51-2)40(49)47-21-25-18-32(48)36(47)34(25)44-41(50)52-37-28-11-5-3-9-26(28)27-10-4-6-12-29(27)37/h3-12,15-17,19,22,25,32,34,36-37,48H,13-14,18,20-21H2,1-2H3,(H,44,50)/t25-,32+,34-,36-/m1/s1.